The molecule has 0 spiro atoms. The number of benzene rings is 1. The zero-order valence-corrected chi connectivity index (χ0v) is 7.64. The molecule has 0 saturated carbocycles. The minimum absolute atomic E-state index is 0.313. The molecule has 1 rings (SSSR count). The second-order valence-electron chi connectivity index (χ2n) is 2.75. The highest BCUT2D eigenvalue weighted by atomic mass is 16.1. The van der Waals surface area contributed by atoms with Gasteiger partial charge in [-0.3, -0.25) is 4.79 Å². The number of amides is 1. The molecule has 3 nitrogen and oxygen atoms in total. The van der Waals surface area contributed by atoms with E-state index >= 15 is 0 Å². The van der Waals surface area contributed by atoms with Crippen LogP contribution in [0.1, 0.15) is 20.0 Å². The maximum absolute atomic E-state index is 11.5. The molecule has 70 valence electrons. The lowest BCUT2D eigenvalue weighted by atomic mass is 10.1. The Morgan fingerprint density at radius 1 is 1.54 bits per heavy atom. The number of carbonyl (C=O) groups excluding carboxylic acids is 1. The standard InChI is InChI=1S/C10H14N2O/c1-7-4-5-8(10(13)12-3)9(6-7)11-2/h4-6,11H,1-3H3,(H,12,13)/i2D3. The second-order valence-corrected chi connectivity index (χ2v) is 2.75. The van der Waals surface area contributed by atoms with Crippen molar-refractivity contribution in [3.8, 4) is 0 Å². The Balaban J connectivity index is 3.13. The normalized spacial score (nSPS) is 13.8. The Bertz CT molecular complexity index is 402. The van der Waals surface area contributed by atoms with Crippen LogP contribution in [-0.2, 0) is 0 Å². The van der Waals surface area contributed by atoms with Crippen molar-refractivity contribution in [2.75, 3.05) is 19.3 Å². The number of hydrogen-bond acceptors (Lipinski definition) is 2. The van der Waals surface area contributed by atoms with Crippen molar-refractivity contribution in [1.29, 1.82) is 0 Å². The zero-order valence-electron chi connectivity index (χ0n) is 10.6. The van der Waals surface area contributed by atoms with Crippen LogP contribution in [0.15, 0.2) is 18.2 Å². The van der Waals surface area contributed by atoms with Gasteiger partial charge in [0.1, 0.15) is 0 Å². The molecule has 2 N–H and O–H groups in total. The highest BCUT2D eigenvalue weighted by Crippen LogP contribution is 2.16. The molecule has 0 unspecified atom stereocenters. The van der Waals surface area contributed by atoms with Gasteiger partial charge in [0, 0.05) is 23.8 Å². The van der Waals surface area contributed by atoms with Crippen LogP contribution in [0.3, 0.4) is 0 Å². The van der Waals surface area contributed by atoms with E-state index in [0.717, 1.165) is 5.56 Å². The van der Waals surface area contributed by atoms with Gasteiger partial charge in [-0.2, -0.15) is 0 Å². The van der Waals surface area contributed by atoms with Crippen LogP contribution in [0.4, 0.5) is 5.69 Å². The highest BCUT2D eigenvalue weighted by molar-refractivity contribution is 5.99. The van der Waals surface area contributed by atoms with Gasteiger partial charge < -0.3 is 10.6 Å². The van der Waals surface area contributed by atoms with E-state index in [0.29, 0.717) is 11.3 Å². The third kappa shape index (κ3) is 1.99. The highest BCUT2D eigenvalue weighted by Gasteiger charge is 2.07. The lowest BCUT2D eigenvalue weighted by Crippen LogP contribution is -2.19. The lowest BCUT2D eigenvalue weighted by molar-refractivity contribution is 0.0964. The lowest BCUT2D eigenvalue weighted by Gasteiger charge is -2.08. The number of carbonyl (C=O) groups is 1. The van der Waals surface area contributed by atoms with Crippen molar-refractivity contribution in [2.24, 2.45) is 0 Å². The molecule has 1 amide bonds. The Kier molecular flexibility index (Phi) is 1.82. The van der Waals surface area contributed by atoms with Crippen LogP contribution < -0.4 is 10.6 Å². The molecule has 0 aliphatic heterocycles. The van der Waals surface area contributed by atoms with Gasteiger partial charge in [0.15, 0.2) is 0 Å². The number of aryl methyl sites for hydroxylation is 1. The van der Waals surface area contributed by atoms with Crippen molar-refractivity contribution in [3.63, 3.8) is 0 Å². The van der Waals surface area contributed by atoms with E-state index in [2.05, 4.69) is 10.6 Å². The van der Waals surface area contributed by atoms with Gasteiger partial charge in [0.2, 0.25) is 0 Å². The fourth-order valence-corrected chi connectivity index (χ4v) is 1.09. The van der Waals surface area contributed by atoms with Crippen LogP contribution in [0.25, 0.3) is 0 Å². The summed E-state index contributed by atoms with van der Waals surface area (Å²) in [6.07, 6.45) is 0. The van der Waals surface area contributed by atoms with Crippen molar-refractivity contribution in [1.82, 2.24) is 5.32 Å². The van der Waals surface area contributed by atoms with Gasteiger partial charge in [-0.25, -0.2) is 0 Å². The van der Waals surface area contributed by atoms with Crippen molar-refractivity contribution < 1.29 is 8.91 Å². The van der Waals surface area contributed by atoms with Gasteiger partial charge in [-0.1, -0.05) is 6.07 Å². The maximum atomic E-state index is 11.5. The van der Waals surface area contributed by atoms with E-state index in [9.17, 15) is 4.79 Å². The zero-order chi connectivity index (χ0) is 12.3. The average Bonchev–Trinajstić information content (AvgIpc) is 2.14. The summed E-state index contributed by atoms with van der Waals surface area (Å²) in [5.74, 6) is -0.313. The Hall–Kier alpha value is -1.51. The molecule has 0 aliphatic rings. The molecule has 13 heavy (non-hydrogen) atoms. The Labute approximate surface area is 82.4 Å². The molecule has 0 atom stereocenters. The molecule has 0 aromatic heterocycles. The Morgan fingerprint density at radius 3 is 2.92 bits per heavy atom. The first kappa shape index (κ1) is 6.02. The summed E-state index contributed by atoms with van der Waals surface area (Å²) >= 11 is 0. The minimum atomic E-state index is -2.31. The summed E-state index contributed by atoms with van der Waals surface area (Å²) in [5.41, 5.74) is 1.53. The summed E-state index contributed by atoms with van der Waals surface area (Å²) in [7, 11) is 1.50. The van der Waals surface area contributed by atoms with Gasteiger partial charge in [0.25, 0.3) is 5.91 Å². The minimum Gasteiger partial charge on any atom is -0.387 e. The molecular weight excluding hydrogens is 164 g/mol. The van der Waals surface area contributed by atoms with E-state index in [1.54, 1.807) is 18.2 Å². The smallest absolute Gasteiger partial charge is 0.253 e. The summed E-state index contributed by atoms with van der Waals surface area (Å²) in [6.45, 7) is -0.477. The maximum Gasteiger partial charge on any atom is 0.253 e. The quantitative estimate of drug-likeness (QED) is 0.724. The third-order valence-corrected chi connectivity index (χ3v) is 1.78. The molecular formula is C10H14N2O. The first-order valence-electron chi connectivity index (χ1n) is 5.44. The van der Waals surface area contributed by atoms with Gasteiger partial charge >= 0.3 is 0 Å². The van der Waals surface area contributed by atoms with E-state index in [1.807, 2.05) is 6.92 Å². The number of nitrogens with one attached hydrogen (secondary N) is 2. The second kappa shape index (κ2) is 3.94. The predicted molar refractivity (Wildman–Crippen MR) is 54.1 cm³/mol. The summed E-state index contributed by atoms with van der Waals surface area (Å²) < 4.78 is 21.4. The van der Waals surface area contributed by atoms with Gasteiger partial charge in [-0.15, -0.1) is 0 Å². The summed E-state index contributed by atoms with van der Waals surface area (Å²) in [6, 6.07) is 4.99. The van der Waals surface area contributed by atoms with Crippen LogP contribution in [0.5, 0.6) is 0 Å². The molecule has 0 saturated heterocycles. The molecule has 3 heteroatoms. The summed E-state index contributed by atoms with van der Waals surface area (Å²) in [4.78, 5) is 11.5. The fourth-order valence-electron chi connectivity index (χ4n) is 1.09. The molecule has 1 aromatic carbocycles. The van der Waals surface area contributed by atoms with E-state index in [-0.39, 0.29) is 5.91 Å². The number of anilines is 1. The first-order valence-corrected chi connectivity index (χ1v) is 3.94. The van der Waals surface area contributed by atoms with Crippen LogP contribution in [0.2, 0.25) is 0 Å². The monoisotopic (exact) mass is 181 g/mol. The molecule has 0 heterocycles. The van der Waals surface area contributed by atoms with Crippen molar-refractivity contribution in [3.05, 3.63) is 29.3 Å². The first-order chi connectivity index (χ1) is 7.33. The largest absolute Gasteiger partial charge is 0.387 e. The number of rotatable bonds is 2. The van der Waals surface area contributed by atoms with E-state index < -0.39 is 6.98 Å². The average molecular weight is 181 g/mol. The molecule has 1 aromatic rings. The van der Waals surface area contributed by atoms with Crippen molar-refractivity contribution >= 4 is 11.6 Å². The number of hydrogen-bond donors (Lipinski definition) is 2. The topological polar surface area (TPSA) is 41.1 Å². The molecule has 0 bridgehead atoms. The predicted octanol–water partition coefficient (Wildman–Crippen LogP) is 1.40. The van der Waals surface area contributed by atoms with Gasteiger partial charge in [0.05, 0.1) is 5.56 Å². The van der Waals surface area contributed by atoms with E-state index in [1.165, 1.54) is 7.05 Å². The summed E-state index contributed by atoms with van der Waals surface area (Å²) in [5, 5.41) is 4.81. The van der Waals surface area contributed by atoms with Crippen LogP contribution in [0, 0.1) is 6.92 Å². The SMILES string of the molecule is [2H]C([2H])([2H])Nc1cc(C)ccc1C(=O)NC. The van der Waals surface area contributed by atoms with Crippen LogP contribution in [-0.4, -0.2) is 19.9 Å². The van der Waals surface area contributed by atoms with Crippen molar-refractivity contribution in [2.45, 2.75) is 6.92 Å². The van der Waals surface area contributed by atoms with E-state index in [4.69, 9.17) is 4.11 Å². The fraction of sp³-hybridized carbons (Fsp3) is 0.300. The molecule has 0 aliphatic carbocycles. The Morgan fingerprint density at radius 2 is 2.31 bits per heavy atom. The third-order valence-electron chi connectivity index (χ3n) is 1.78. The van der Waals surface area contributed by atoms with Crippen LogP contribution >= 0.6 is 0 Å². The molecule has 0 fully saturated rings. The molecule has 0 radical (unpaired) electrons. The van der Waals surface area contributed by atoms with Gasteiger partial charge in [-0.05, 0) is 24.6 Å².